The Morgan fingerprint density at radius 3 is 2.62 bits per heavy atom. The second-order valence-corrected chi connectivity index (χ2v) is 8.45. The standard InChI is InChI=1S/C19H35N5S.HI/c1-5-17-11-22-18(25-17)12-23-19(20-6-2)21-8-7-9-24-13-15(3)10-16(4)14-24;/h11,15-16H,5-10,12-14H2,1-4H3,(H2,20,21,23);1H. The molecule has 0 bridgehead atoms. The summed E-state index contributed by atoms with van der Waals surface area (Å²) >= 11 is 1.76. The Bertz CT molecular complexity index is 524. The Morgan fingerprint density at radius 1 is 1.27 bits per heavy atom. The maximum atomic E-state index is 4.67. The first-order chi connectivity index (χ1) is 12.1. The van der Waals surface area contributed by atoms with E-state index in [2.05, 4.69) is 53.2 Å². The first-order valence-electron chi connectivity index (χ1n) is 9.78. The number of nitrogens with zero attached hydrogens (tertiary/aromatic N) is 3. The van der Waals surface area contributed by atoms with Gasteiger partial charge in [0.05, 0.1) is 6.54 Å². The monoisotopic (exact) mass is 493 g/mol. The molecule has 1 aliphatic rings. The molecule has 0 radical (unpaired) electrons. The number of piperidine rings is 1. The Balaban J connectivity index is 0.00000338. The fraction of sp³-hybridized carbons (Fsp3) is 0.789. The van der Waals surface area contributed by atoms with E-state index >= 15 is 0 Å². The molecule has 1 aliphatic heterocycles. The van der Waals surface area contributed by atoms with Crippen LogP contribution >= 0.6 is 35.3 Å². The van der Waals surface area contributed by atoms with Gasteiger partial charge in [-0.15, -0.1) is 35.3 Å². The molecule has 2 rings (SSSR count). The number of nitrogens with one attached hydrogen (secondary N) is 2. The number of hydrogen-bond donors (Lipinski definition) is 2. The average Bonchev–Trinajstić information content (AvgIpc) is 3.03. The van der Waals surface area contributed by atoms with Gasteiger partial charge >= 0.3 is 0 Å². The summed E-state index contributed by atoms with van der Waals surface area (Å²) in [4.78, 5) is 13.1. The van der Waals surface area contributed by atoms with E-state index in [1.165, 1.54) is 30.9 Å². The highest BCUT2D eigenvalue weighted by Gasteiger charge is 2.20. The zero-order chi connectivity index (χ0) is 18.1. The lowest BCUT2D eigenvalue weighted by Gasteiger charge is -2.35. The second-order valence-electron chi connectivity index (χ2n) is 7.25. The molecule has 0 aliphatic carbocycles. The topological polar surface area (TPSA) is 52.6 Å². The van der Waals surface area contributed by atoms with Gasteiger partial charge in [-0.2, -0.15) is 0 Å². The zero-order valence-corrected chi connectivity index (χ0v) is 19.9. The molecule has 0 amide bonds. The summed E-state index contributed by atoms with van der Waals surface area (Å²) in [5.74, 6) is 2.57. The molecule has 2 unspecified atom stereocenters. The highest BCUT2D eigenvalue weighted by atomic mass is 127. The molecule has 0 aromatic carbocycles. The lowest BCUT2D eigenvalue weighted by Crippen LogP contribution is -2.41. The van der Waals surface area contributed by atoms with Crippen LogP contribution in [0.25, 0.3) is 0 Å². The summed E-state index contributed by atoms with van der Waals surface area (Å²) in [5, 5.41) is 7.88. The van der Waals surface area contributed by atoms with E-state index in [4.69, 9.17) is 0 Å². The fourth-order valence-corrected chi connectivity index (χ4v) is 4.34. The van der Waals surface area contributed by atoms with Crippen LogP contribution in [-0.4, -0.2) is 48.6 Å². The van der Waals surface area contributed by atoms with Crippen molar-refractivity contribution in [3.05, 3.63) is 16.1 Å². The van der Waals surface area contributed by atoms with Gasteiger partial charge in [-0.3, -0.25) is 0 Å². The van der Waals surface area contributed by atoms with E-state index in [1.807, 2.05) is 6.20 Å². The van der Waals surface area contributed by atoms with Gasteiger partial charge in [0.15, 0.2) is 5.96 Å². The molecule has 1 aromatic heterocycles. The number of rotatable bonds is 8. The van der Waals surface area contributed by atoms with Gasteiger partial charge in [-0.05, 0) is 44.6 Å². The number of halogens is 1. The van der Waals surface area contributed by atoms with Crippen molar-refractivity contribution < 1.29 is 0 Å². The van der Waals surface area contributed by atoms with E-state index in [0.29, 0.717) is 6.54 Å². The summed E-state index contributed by atoms with van der Waals surface area (Å²) in [6.07, 6.45) is 5.55. The zero-order valence-electron chi connectivity index (χ0n) is 16.8. The number of thiazole rings is 1. The Kier molecular flexibility index (Phi) is 11.7. The molecular formula is C19H36IN5S. The van der Waals surface area contributed by atoms with Crippen LogP contribution in [0.2, 0.25) is 0 Å². The van der Waals surface area contributed by atoms with E-state index in [9.17, 15) is 0 Å². The average molecular weight is 494 g/mol. The van der Waals surface area contributed by atoms with E-state index in [1.54, 1.807) is 11.3 Å². The molecule has 7 heteroatoms. The fourth-order valence-electron chi connectivity index (χ4n) is 3.56. The third-order valence-corrected chi connectivity index (χ3v) is 5.68. The summed E-state index contributed by atoms with van der Waals surface area (Å²) < 4.78 is 0. The van der Waals surface area contributed by atoms with Crippen molar-refractivity contribution in [1.82, 2.24) is 20.5 Å². The molecule has 150 valence electrons. The summed E-state index contributed by atoms with van der Waals surface area (Å²) in [5.41, 5.74) is 0. The van der Waals surface area contributed by atoms with Gasteiger partial charge in [-0.25, -0.2) is 9.98 Å². The first-order valence-corrected chi connectivity index (χ1v) is 10.6. The van der Waals surface area contributed by atoms with Gasteiger partial charge in [0.1, 0.15) is 5.01 Å². The number of hydrogen-bond acceptors (Lipinski definition) is 4. The molecule has 1 aromatic rings. The molecule has 26 heavy (non-hydrogen) atoms. The highest BCUT2D eigenvalue weighted by molar-refractivity contribution is 14.0. The van der Waals surface area contributed by atoms with Gasteiger partial charge in [0, 0.05) is 37.3 Å². The van der Waals surface area contributed by atoms with Crippen LogP contribution in [0.4, 0.5) is 0 Å². The Morgan fingerprint density at radius 2 is 2.00 bits per heavy atom. The number of aryl methyl sites for hydroxylation is 1. The SMILES string of the molecule is CCNC(=NCc1ncc(CC)s1)NCCCN1CC(C)CC(C)C1.I. The predicted molar refractivity (Wildman–Crippen MR) is 124 cm³/mol. The lowest BCUT2D eigenvalue weighted by molar-refractivity contribution is 0.140. The minimum absolute atomic E-state index is 0. The second kappa shape index (κ2) is 12.9. The normalized spacial score (nSPS) is 21.3. The molecule has 1 fully saturated rings. The van der Waals surface area contributed by atoms with Gasteiger partial charge < -0.3 is 15.5 Å². The maximum Gasteiger partial charge on any atom is 0.191 e. The number of aliphatic imine (C=N–C) groups is 1. The van der Waals surface area contributed by atoms with Crippen LogP contribution in [0.1, 0.15) is 50.4 Å². The quantitative estimate of drug-likeness (QED) is 0.251. The van der Waals surface area contributed by atoms with Crippen LogP contribution < -0.4 is 10.6 Å². The maximum absolute atomic E-state index is 4.67. The molecule has 2 N–H and O–H groups in total. The molecule has 0 spiro atoms. The smallest absolute Gasteiger partial charge is 0.191 e. The van der Waals surface area contributed by atoms with Gasteiger partial charge in [0.25, 0.3) is 0 Å². The summed E-state index contributed by atoms with van der Waals surface area (Å²) in [7, 11) is 0. The molecule has 0 saturated carbocycles. The number of aromatic nitrogens is 1. The number of likely N-dealkylation sites (tertiary alicyclic amines) is 1. The van der Waals surface area contributed by atoms with Crippen molar-refractivity contribution >= 4 is 41.3 Å². The highest BCUT2D eigenvalue weighted by Crippen LogP contribution is 2.20. The number of guanidine groups is 1. The first kappa shape index (κ1) is 23.6. The van der Waals surface area contributed by atoms with Crippen molar-refractivity contribution in [2.75, 3.05) is 32.7 Å². The lowest BCUT2D eigenvalue weighted by atomic mass is 9.92. The Hall–Kier alpha value is -0.410. The van der Waals surface area contributed by atoms with E-state index in [-0.39, 0.29) is 24.0 Å². The van der Waals surface area contributed by atoms with Crippen LogP contribution in [0.5, 0.6) is 0 Å². The van der Waals surface area contributed by atoms with E-state index < -0.39 is 0 Å². The van der Waals surface area contributed by atoms with Crippen molar-refractivity contribution in [2.24, 2.45) is 16.8 Å². The van der Waals surface area contributed by atoms with Gasteiger partial charge in [-0.1, -0.05) is 20.8 Å². The minimum atomic E-state index is 0. The van der Waals surface area contributed by atoms with Gasteiger partial charge in [0.2, 0.25) is 0 Å². The predicted octanol–water partition coefficient (Wildman–Crippen LogP) is 3.75. The summed E-state index contributed by atoms with van der Waals surface area (Å²) in [6.45, 7) is 15.2. The van der Waals surface area contributed by atoms with E-state index in [0.717, 1.165) is 48.7 Å². The van der Waals surface area contributed by atoms with Crippen LogP contribution in [0.15, 0.2) is 11.2 Å². The van der Waals surface area contributed by atoms with Crippen molar-refractivity contribution in [3.63, 3.8) is 0 Å². The molecule has 2 atom stereocenters. The molecule has 5 nitrogen and oxygen atoms in total. The van der Waals surface area contributed by atoms with Crippen LogP contribution in [0, 0.1) is 11.8 Å². The molecule has 2 heterocycles. The molecular weight excluding hydrogens is 457 g/mol. The van der Waals surface area contributed by atoms with Crippen molar-refractivity contribution in [2.45, 2.75) is 53.5 Å². The van der Waals surface area contributed by atoms with Crippen molar-refractivity contribution in [3.8, 4) is 0 Å². The molecule has 1 saturated heterocycles. The van der Waals surface area contributed by atoms with Crippen molar-refractivity contribution in [1.29, 1.82) is 0 Å². The van der Waals surface area contributed by atoms with Crippen LogP contribution in [-0.2, 0) is 13.0 Å². The largest absolute Gasteiger partial charge is 0.357 e. The third kappa shape index (κ3) is 8.52. The minimum Gasteiger partial charge on any atom is -0.357 e. The third-order valence-electron chi connectivity index (χ3n) is 4.55. The summed E-state index contributed by atoms with van der Waals surface area (Å²) in [6, 6.07) is 0. The Labute approximate surface area is 180 Å². The van der Waals surface area contributed by atoms with Crippen LogP contribution in [0.3, 0.4) is 0 Å².